The van der Waals surface area contributed by atoms with E-state index in [1.54, 1.807) is 0 Å². The lowest BCUT2D eigenvalue weighted by atomic mass is 9.99. The molecule has 9 heteroatoms. The maximum Gasteiger partial charge on any atom is 0.424 e. The van der Waals surface area contributed by atoms with Crippen LogP contribution in [0.4, 0.5) is 13.2 Å². The number of aryl methyl sites for hydroxylation is 1. The van der Waals surface area contributed by atoms with E-state index in [-0.39, 0.29) is 6.54 Å². The minimum Gasteiger partial charge on any atom is -0.374 e. The number of nitrogens with one attached hydrogen (secondary N) is 1. The van der Waals surface area contributed by atoms with Gasteiger partial charge in [-0.3, -0.25) is 9.69 Å². The topological polar surface area (TPSA) is 65.5 Å². The third-order valence-corrected chi connectivity index (χ3v) is 5.87. The average molecular weight is 430 g/mol. The number of aliphatic hydroxyl groups is 1. The number of hydrogen-bond donors (Lipinski definition) is 2. The summed E-state index contributed by atoms with van der Waals surface area (Å²) < 4.78 is 40.6. The number of carbonyl (C=O) groups is 1. The van der Waals surface area contributed by atoms with Crippen LogP contribution in [-0.2, 0) is 23.5 Å². The Morgan fingerprint density at radius 3 is 2.41 bits per heavy atom. The van der Waals surface area contributed by atoms with E-state index < -0.39 is 29.1 Å². The molecule has 0 bridgehead atoms. The number of alkyl halides is 3. The van der Waals surface area contributed by atoms with Crippen molar-refractivity contribution < 1.29 is 23.1 Å². The number of benzene rings is 1. The fourth-order valence-electron chi connectivity index (χ4n) is 2.67. The highest BCUT2D eigenvalue weighted by molar-refractivity contribution is 7.09. The molecule has 0 saturated carbocycles. The first-order chi connectivity index (χ1) is 13.4. The molecule has 0 aliphatic heterocycles. The molecule has 1 aromatic carbocycles. The summed E-state index contributed by atoms with van der Waals surface area (Å²) in [4.78, 5) is 18.2. The molecule has 0 saturated heterocycles. The van der Waals surface area contributed by atoms with Crippen molar-refractivity contribution in [2.45, 2.75) is 58.1 Å². The van der Waals surface area contributed by atoms with Gasteiger partial charge >= 0.3 is 6.18 Å². The Balaban J connectivity index is 2.11. The molecule has 1 atom stereocenters. The molecule has 0 aliphatic rings. The summed E-state index contributed by atoms with van der Waals surface area (Å²) in [5, 5.41) is 13.7. The predicted molar refractivity (Wildman–Crippen MR) is 106 cm³/mol. The van der Waals surface area contributed by atoms with Gasteiger partial charge in [-0.1, -0.05) is 24.3 Å². The van der Waals surface area contributed by atoms with Crippen LogP contribution < -0.4 is 5.32 Å². The Kier molecular flexibility index (Phi) is 7.42. The third-order valence-electron chi connectivity index (χ3n) is 4.75. The van der Waals surface area contributed by atoms with Gasteiger partial charge in [0.05, 0.1) is 6.42 Å². The lowest BCUT2D eigenvalue weighted by molar-refractivity contribution is -0.267. The van der Waals surface area contributed by atoms with Gasteiger partial charge in [-0.25, -0.2) is 4.98 Å². The SMILES string of the molecule is Cc1csc(C(O)(CC(=O)NCc2ccccc2CN(C)C(C)C)C(F)(F)F)n1. The summed E-state index contributed by atoms with van der Waals surface area (Å²) in [5.41, 5.74) is -1.16. The van der Waals surface area contributed by atoms with Gasteiger partial charge < -0.3 is 10.4 Å². The lowest BCUT2D eigenvalue weighted by Gasteiger charge is -2.28. The fraction of sp³-hybridized carbons (Fsp3) is 0.500. The molecule has 0 radical (unpaired) electrons. The number of carbonyl (C=O) groups excluding carboxylic acids is 1. The van der Waals surface area contributed by atoms with Crippen molar-refractivity contribution in [2.75, 3.05) is 7.05 Å². The Bertz CT molecular complexity index is 838. The van der Waals surface area contributed by atoms with Crippen LogP contribution >= 0.6 is 11.3 Å². The van der Waals surface area contributed by atoms with E-state index in [0.29, 0.717) is 29.6 Å². The standard InChI is InChI=1S/C20H26F3N3O2S/c1-13(2)26(4)11-16-8-6-5-7-15(16)10-24-17(27)9-19(28,20(21,22)23)18-25-14(3)12-29-18/h5-8,12-13,28H,9-11H2,1-4H3,(H,24,27). The second-order valence-electron chi connectivity index (χ2n) is 7.38. The summed E-state index contributed by atoms with van der Waals surface area (Å²) in [6.45, 7) is 6.37. The summed E-state index contributed by atoms with van der Waals surface area (Å²) in [5.74, 6) is -0.898. The highest BCUT2D eigenvalue weighted by atomic mass is 32.1. The first-order valence-corrected chi connectivity index (χ1v) is 10.1. The predicted octanol–water partition coefficient (Wildman–Crippen LogP) is 3.75. The van der Waals surface area contributed by atoms with E-state index >= 15 is 0 Å². The molecule has 0 spiro atoms. The molecule has 2 N–H and O–H groups in total. The lowest BCUT2D eigenvalue weighted by Crippen LogP contribution is -2.46. The quantitative estimate of drug-likeness (QED) is 0.671. The van der Waals surface area contributed by atoms with Gasteiger partial charge in [0.15, 0.2) is 0 Å². The molecule has 5 nitrogen and oxygen atoms in total. The molecule has 0 aliphatic carbocycles. The van der Waals surface area contributed by atoms with Crippen LogP contribution in [0.5, 0.6) is 0 Å². The Morgan fingerprint density at radius 1 is 1.28 bits per heavy atom. The van der Waals surface area contributed by atoms with Crippen LogP contribution in [0.25, 0.3) is 0 Å². The highest BCUT2D eigenvalue weighted by Crippen LogP contribution is 2.42. The third kappa shape index (κ3) is 5.77. The minimum absolute atomic E-state index is 0.0752. The molecule has 0 fully saturated rings. The Hall–Kier alpha value is -1.97. The van der Waals surface area contributed by atoms with Crippen LogP contribution in [0.3, 0.4) is 0 Å². The van der Waals surface area contributed by atoms with Gasteiger partial charge in [-0.2, -0.15) is 13.2 Å². The van der Waals surface area contributed by atoms with Gasteiger partial charge in [-0.15, -0.1) is 11.3 Å². The van der Waals surface area contributed by atoms with Crippen LogP contribution in [0, 0.1) is 6.92 Å². The first kappa shape index (κ1) is 23.3. The molecule has 1 unspecified atom stereocenters. The molecule has 2 rings (SSSR count). The van der Waals surface area contributed by atoms with Gasteiger partial charge in [0, 0.05) is 30.2 Å². The van der Waals surface area contributed by atoms with Crippen molar-refractivity contribution in [3.63, 3.8) is 0 Å². The number of rotatable bonds is 8. The van der Waals surface area contributed by atoms with Crippen molar-refractivity contribution >= 4 is 17.2 Å². The maximum absolute atomic E-state index is 13.5. The molecule has 29 heavy (non-hydrogen) atoms. The van der Waals surface area contributed by atoms with Crippen LogP contribution in [0.2, 0.25) is 0 Å². The number of aromatic nitrogens is 1. The van der Waals surface area contributed by atoms with Crippen molar-refractivity contribution in [1.82, 2.24) is 15.2 Å². The number of thiazole rings is 1. The zero-order valence-electron chi connectivity index (χ0n) is 16.9. The minimum atomic E-state index is -5.02. The van der Waals surface area contributed by atoms with Crippen LogP contribution in [0.15, 0.2) is 29.6 Å². The van der Waals surface area contributed by atoms with E-state index in [2.05, 4.69) is 29.0 Å². The Labute approximate surface area is 172 Å². The van der Waals surface area contributed by atoms with Crippen molar-refractivity contribution in [3.05, 3.63) is 51.5 Å². The molecule has 2 aromatic rings. The summed E-state index contributed by atoms with van der Waals surface area (Å²) in [6, 6.07) is 7.75. The molecule has 1 amide bonds. The number of amides is 1. The molecule has 1 heterocycles. The van der Waals surface area contributed by atoms with Crippen LogP contribution in [0.1, 0.15) is 42.1 Å². The largest absolute Gasteiger partial charge is 0.424 e. The van der Waals surface area contributed by atoms with Crippen molar-refractivity contribution in [1.29, 1.82) is 0 Å². The molecular formula is C20H26F3N3O2S. The zero-order valence-corrected chi connectivity index (χ0v) is 17.7. The van der Waals surface area contributed by atoms with E-state index in [4.69, 9.17) is 0 Å². The Morgan fingerprint density at radius 2 is 1.90 bits per heavy atom. The molecule has 160 valence electrons. The van der Waals surface area contributed by atoms with Gasteiger partial charge in [-0.05, 0) is 38.9 Å². The number of nitrogens with zero attached hydrogens (tertiary/aromatic N) is 2. The second kappa shape index (κ2) is 9.23. The van der Waals surface area contributed by atoms with Crippen molar-refractivity contribution in [2.24, 2.45) is 0 Å². The molecule has 1 aromatic heterocycles. The van der Waals surface area contributed by atoms with Crippen LogP contribution in [-0.4, -0.2) is 40.2 Å². The van der Waals surface area contributed by atoms with E-state index in [0.717, 1.165) is 11.1 Å². The second-order valence-corrected chi connectivity index (χ2v) is 8.24. The first-order valence-electron chi connectivity index (χ1n) is 9.19. The zero-order chi connectivity index (χ0) is 21.8. The average Bonchev–Trinajstić information content (AvgIpc) is 3.06. The number of halogens is 3. The van der Waals surface area contributed by atoms with E-state index in [1.807, 2.05) is 31.3 Å². The van der Waals surface area contributed by atoms with Crippen molar-refractivity contribution in [3.8, 4) is 0 Å². The van der Waals surface area contributed by atoms with E-state index in [9.17, 15) is 23.1 Å². The summed E-state index contributed by atoms with van der Waals surface area (Å²) in [7, 11) is 1.97. The van der Waals surface area contributed by atoms with Gasteiger partial charge in [0.2, 0.25) is 11.5 Å². The summed E-state index contributed by atoms with van der Waals surface area (Å²) >= 11 is 0.685. The maximum atomic E-state index is 13.5. The normalized spacial score (nSPS) is 14.3. The monoisotopic (exact) mass is 429 g/mol. The summed E-state index contributed by atoms with van der Waals surface area (Å²) in [6.07, 6.45) is -6.16. The molecular weight excluding hydrogens is 403 g/mol. The highest BCUT2D eigenvalue weighted by Gasteiger charge is 2.58. The number of hydrogen-bond acceptors (Lipinski definition) is 5. The van der Waals surface area contributed by atoms with Gasteiger partial charge in [0.25, 0.3) is 0 Å². The fourth-order valence-corrected chi connectivity index (χ4v) is 3.58. The smallest absolute Gasteiger partial charge is 0.374 e. The van der Waals surface area contributed by atoms with E-state index in [1.165, 1.54) is 12.3 Å². The van der Waals surface area contributed by atoms with Gasteiger partial charge in [0.1, 0.15) is 5.01 Å².